The number of methoxy groups -OCH3 is 1. The molecular formula is C11H20N3O15P3-2. The molecule has 2 rings (SSSR count). The zero-order valence-corrected chi connectivity index (χ0v) is 17.9. The Hall–Kier alpha value is -1.07. The second kappa shape index (κ2) is 10.0. The molecule has 1 aromatic rings. The Morgan fingerprint density at radius 2 is 1.88 bits per heavy atom. The van der Waals surface area contributed by atoms with E-state index < -0.39 is 65.5 Å². The number of aliphatic hydroxyl groups is 1. The molecule has 0 saturated carbocycles. The van der Waals surface area contributed by atoms with Crippen molar-refractivity contribution in [2.45, 2.75) is 31.6 Å². The van der Waals surface area contributed by atoms with Gasteiger partial charge < -0.3 is 39.9 Å². The number of nitrogens with two attached hydrogens (primary N) is 1. The highest BCUT2D eigenvalue weighted by atomic mass is 31.3. The molecule has 1 aliphatic heterocycles. The Bertz CT molecular complexity index is 1070. The normalized spacial score (nSPS) is 31.2. The first-order valence-electron chi connectivity index (χ1n) is 7.74. The topological polar surface area (TPSA) is 285 Å². The lowest BCUT2D eigenvalue weighted by Crippen LogP contribution is -2.53. The van der Waals surface area contributed by atoms with E-state index in [2.05, 4.69) is 13.1 Å². The SMILES string of the molecule is C.CO[C@]1(COP(=O)(O)OP(=O)([O-])OP(=O)([O-])O)O[C@@H](n2ccc(=O)[nH]c2=O)[C@H](O)[C@@H]1N. The number of phosphoric acid groups is 3. The van der Waals surface area contributed by atoms with E-state index in [-0.39, 0.29) is 7.43 Å². The van der Waals surface area contributed by atoms with Crippen LogP contribution in [0.3, 0.4) is 0 Å². The lowest BCUT2D eigenvalue weighted by atomic mass is 10.1. The quantitative estimate of drug-likeness (QED) is 0.198. The number of aromatic amines is 1. The van der Waals surface area contributed by atoms with Crippen molar-refractivity contribution in [3.05, 3.63) is 33.1 Å². The molecule has 0 radical (unpaired) electrons. The van der Waals surface area contributed by atoms with Gasteiger partial charge in [0.05, 0.1) is 6.04 Å². The Labute approximate surface area is 178 Å². The van der Waals surface area contributed by atoms with Crippen molar-refractivity contribution in [1.82, 2.24) is 9.55 Å². The fraction of sp³-hybridized carbons (Fsp3) is 0.636. The maximum absolute atomic E-state index is 11.9. The molecule has 0 spiro atoms. The van der Waals surface area contributed by atoms with Crippen molar-refractivity contribution in [3.63, 3.8) is 0 Å². The Balaban J connectivity index is 0.00000512. The van der Waals surface area contributed by atoms with Gasteiger partial charge >= 0.3 is 13.5 Å². The third kappa shape index (κ3) is 6.96. The monoisotopic (exact) mass is 527 g/mol. The van der Waals surface area contributed by atoms with Gasteiger partial charge in [-0.05, 0) is 0 Å². The molecule has 1 saturated heterocycles. The largest absolute Gasteiger partial charge is 0.756 e. The summed E-state index contributed by atoms with van der Waals surface area (Å²) in [6.07, 6.45) is -2.34. The van der Waals surface area contributed by atoms with Crippen molar-refractivity contribution >= 4 is 23.5 Å². The Morgan fingerprint density at radius 1 is 1.28 bits per heavy atom. The summed E-state index contributed by atoms with van der Waals surface area (Å²) in [7, 11) is -16.7. The number of hydrogen-bond donors (Lipinski definition) is 5. The number of aromatic nitrogens is 2. The van der Waals surface area contributed by atoms with Gasteiger partial charge in [-0.1, -0.05) is 7.43 Å². The average molecular weight is 527 g/mol. The second-order valence-corrected chi connectivity index (χ2v) is 10.2. The molecule has 3 unspecified atom stereocenters. The molecule has 2 heterocycles. The lowest BCUT2D eigenvalue weighted by Gasteiger charge is -2.32. The molecule has 0 amide bonds. The molecule has 186 valence electrons. The molecule has 0 aliphatic carbocycles. The number of rotatable bonds is 9. The molecule has 1 fully saturated rings. The minimum absolute atomic E-state index is 0. The van der Waals surface area contributed by atoms with Crippen LogP contribution < -0.4 is 26.8 Å². The third-order valence-corrected chi connectivity index (χ3v) is 7.50. The van der Waals surface area contributed by atoms with Gasteiger partial charge in [0.1, 0.15) is 12.7 Å². The molecule has 0 aromatic carbocycles. The number of nitrogens with one attached hydrogen (secondary N) is 1. The fourth-order valence-electron chi connectivity index (χ4n) is 2.48. The highest BCUT2D eigenvalue weighted by Crippen LogP contribution is 2.63. The summed E-state index contributed by atoms with van der Waals surface area (Å²) < 4.78 is 55.7. The van der Waals surface area contributed by atoms with E-state index in [4.69, 9.17) is 20.1 Å². The van der Waals surface area contributed by atoms with Crippen LogP contribution in [0.4, 0.5) is 0 Å². The number of ether oxygens (including phenoxy) is 2. The van der Waals surface area contributed by atoms with E-state index in [0.717, 1.165) is 19.4 Å². The van der Waals surface area contributed by atoms with E-state index >= 15 is 0 Å². The maximum atomic E-state index is 11.9. The van der Waals surface area contributed by atoms with Crippen molar-refractivity contribution in [1.29, 1.82) is 0 Å². The molecule has 1 aromatic heterocycles. The van der Waals surface area contributed by atoms with Crippen molar-refractivity contribution in [3.8, 4) is 0 Å². The fourth-order valence-corrected chi connectivity index (χ4v) is 5.42. The van der Waals surface area contributed by atoms with E-state index in [1.54, 1.807) is 0 Å². The van der Waals surface area contributed by atoms with Gasteiger partial charge in [-0.25, -0.2) is 18.0 Å². The van der Waals surface area contributed by atoms with Crippen LogP contribution >= 0.6 is 23.5 Å². The summed E-state index contributed by atoms with van der Waals surface area (Å²) in [5, 5.41) is 10.3. The Kier molecular flexibility index (Phi) is 9.09. The van der Waals surface area contributed by atoms with Gasteiger partial charge in [-0.2, -0.15) is 0 Å². The zero-order valence-electron chi connectivity index (χ0n) is 15.2. The van der Waals surface area contributed by atoms with Gasteiger partial charge in [0.2, 0.25) is 5.79 Å². The van der Waals surface area contributed by atoms with Crippen LogP contribution in [0.5, 0.6) is 0 Å². The van der Waals surface area contributed by atoms with Crippen LogP contribution in [0.15, 0.2) is 21.9 Å². The summed E-state index contributed by atoms with van der Waals surface area (Å²) in [5.74, 6) is -2.26. The third-order valence-electron chi connectivity index (χ3n) is 3.79. The molecule has 0 bridgehead atoms. The van der Waals surface area contributed by atoms with Crippen LogP contribution in [-0.4, -0.2) is 56.1 Å². The highest BCUT2D eigenvalue weighted by molar-refractivity contribution is 7.65. The van der Waals surface area contributed by atoms with E-state index in [0.29, 0.717) is 4.57 Å². The minimum Gasteiger partial charge on any atom is -0.756 e. The number of hydrogen-bond acceptors (Lipinski definition) is 14. The van der Waals surface area contributed by atoms with E-state index in [9.17, 15) is 43.1 Å². The number of nitrogens with zero attached hydrogens (tertiary/aromatic N) is 1. The van der Waals surface area contributed by atoms with Crippen molar-refractivity contribution in [2.24, 2.45) is 5.73 Å². The predicted molar refractivity (Wildman–Crippen MR) is 97.3 cm³/mol. The van der Waals surface area contributed by atoms with Gasteiger partial charge in [0.25, 0.3) is 21.2 Å². The number of phosphoric ester groups is 1. The first-order chi connectivity index (χ1) is 14.0. The lowest BCUT2D eigenvalue weighted by molar-refractivity contribution is -0.248. The van der Waals surface area contributed by atoms with Crippen LogP contribution in [0.1, 0.15) is 13.7 Å². The van der Waals surface area contributed by atoms with Gasteiger partial charge in [-0.15, -0.1) is 0 Å². The standard InChI is InChI=1S/C10H18N3O15P3.CH4/c1-24-10(4-25-30(20,21)28-31(22,23)27-29(17,18)19)7(11)6(15)8(26-10)13-3-2-5(14)12-9(13)16;/h2-3,6-8,15H,4,11H2,1H3,(H,20,21)(H,22,23)(H,12,14,16)(H2,17,18,19);1H4/p-2/t6-,7+,8-,10-;/m1./s1. The van der Waals surface area contributed by atoms with Crippen LogP contribution in [0, 0.1) is 0 Å². The van der Waals surface area contributed by atoms with Crippen LogP contribution in [-0.2, 0) is 36.3 Å². The van der Waals surface area contributed by atoms with Crippen molar-refractivity contribution < 1.29 is 61.0 Å². The molecular weight excluding hydrogens is 507 g/mol. The smallest absolute Gasteiger partial charge is 0.478 e. The summed E-state index contributed by atoms with van der Waals surface area (Å²) in [6.45, 7) is -1.20. The van der Waals surface area contributed by atoms with E-state index in [1.165, 1.54) is 0 Å². The predicted octanol–water partition coefficient (Wildman–Crippen LogP) is -3.19. The van der Waals surface area contributed by atoms with Gasteiger partial charge in [-0.3, -0.25) is 28.0 Å². The minimum atomic E-state index is -6.08. The van der Waals surface area contributed by atoms with Gasteiger partial charge in [0, 0.05) is 19.4 Å². The van der Waals surface area contributed by atoms with Crippen LogP contribution in [0.25, 0.3) is 0 Å². The molecule has 6 N–H and O–H groups in total. The first-order valence-corrected chi connectivity index (χ1v) is 12.2. The Morgan fingerprint density at radius 3 is 2.38 bits per heavy atom. The molecule has 32 heavy (non-hydrogen) atoms. The molecule has 1 aliphatic rings. The highest BCUT2D eigenvalue weighted by Gasteiger charge is 2.56. The van der Waals surface area contributed by atoms with Crippen molar-refractivity contribution in [2.75, 3.05) is 13.7 Å². The first kappa shape index (κ1) is 29.0. The summed E-state index contributed by atoms with van der Waals surface area (Å²) in [6, 6.07) is -0.653. The van der Waals surface area contributed by atoms with E-state index in [1.807, 2.05) is 4.98 Å². The number of aliphatic hydroxyl groups excluding tert-OH is 1. The summed E-state index contributed by atoms with van der Waals surface area (Å²) in [5.41, 5.74) is 4.02. The summed E-state index contributed by atoms with van der Waals surface area (Å²) in [4.78, 5) is 64.6. The maximum Gasteiger partial charge on any atom is 0.478 e. The van der Waals surface area contributed by atoms with Crippen LogP contribution in [0.2, 0.25) is 0 Å². The molecule has 7 atom stereocenters. The molecule has 21 heteroatoms. The second-order valence-electron chi connectivity index (χ2n) is 5.88. The summed E-state index contributed by atoms with van der Waals surface area (Å²) >= 11 is 0. The van der Waals surface area contributed by atoms with Gasteiger partial charge in [0.15, 0.2) is 6.23 Å². The molecule has 18 nitrogen and oxygen atoms in total. The number of H-pyrrole nitrogens is 1. The average Bonchev–Trinajstić information content (AvgIpc) is 2.82. The zero-order chi connectivity index (χ0) is 23.8.